The number of halogens is 1. The lowest BCUT2D eigenvalue weighted by molar-refractivity contribution is -0.0118. The van der Waals surface area contributed by atoms with Gasteiger partial charge in [0.25, 0.3) is 0 Å². The molecule has 0 radical (unpaired) electrons. The average Bonchev–Trinajstić information content (AvgIpc) is 2.38. The third kappa shape index (κ3) is 3.70. The molecule has 1 fully saturated rings. The lowest BCUT2D eigenvalue weighted by Gasteiger charge is -2.25. The van der Waals surface area contributed by atoms with Crippen LogP contribution in [0.15, 0.2) is 22.7 Å². The van der Waals surface area contributed by atoms with Gasteiger partial charge in [0, 0.05) is 0 Å². The van der Waals surface area contributed by atoms with Gasteiger partial charge in [0.15, 0.2) is 0 Å². The summed E-state index contributed by atoms with van der Waals surface area (Å²) in [6.45, 7) is 0.614. The first-order chi connectivity index (χ1) is 8.69. The molecule has 1 saturated carbocycles. The van der Waals surface area contributed by atoms with E-state index in [0.717, 1.165) is 41.5 Å². The highest BCUT2D eigenvalue weighted by atomic mass is 79.9. The van der Waals surface area contributed by atoms with Crippen molar-refractivity contribution in [3.8, 4) is 5.75 Å². The number of methoxy groups -OCH3 is 1. The Kier molecular flexibility index (Phi) is 5.03. The highest BCUT2D eigenvalue weighted by molar-refractivity contribution is 9.10. The van der Waals surface area contributed by atoms with Crippen molar-refractivity contribution in [3.63, 3.8) is 0 Å². The van der Waals surface area contributed by atoms with Gasteiger partial charge in [-0.15, -0.1) is 0 Å². The molecule has 0 aromatic heterocycles. The molecule has 4 heteroatoms. The Morgan fingerprint density at radius 3 is 2.61 bits per heavy atom. The molecule has 0 amide bonds. The van der Waals surface area contributed by atoms with Crippen LogP contribution >= 0.6 is 15.9 Å². The van der Waals surface area contributed by atoms with E-state index in [2.05, 4.69) is 15.9 Å². The molecular formula is C14H19BrO3. The van der Waals surface area contributed by atoms with Crippen LogP contribution in [0.1, 0.15) is 31.2 Å². The van der Waals surface area contributed by atoms with Crippen LogP contribution in [-0.2, 0) is 11.3 Å². The predicted octanol–water partition coefficient (Wildman–Crippen LogP) is 3.28. The molecule has 0 aliphatic heterocycles. The van der Waals surface area contributed by atoms with Crippen LogP contribution in [0.25, 0.3) is 0 Å². The summed E-state index contributed by atoms with van der Waals surface area (Å²) in [6.07, 6.45) is 3.79. The maximum atomic E-state index is 9.43. The van der Waals surface area contributed by atoms with Crippen LogP contribution < -0.4 is 4.74 Å². The van der Waals surface area contributed by atoms with Crippen molar-refractivity contribution >= 4 is 15.9 Å². The Morgan fingerprint density at radius 1 is 1.28 bits per heavy atom. The van der Waals surface area contributed by atoms with Gasteiger partial charge in [-0.2, -0.15) is 0 Å². The first-order valence-electron chi connectivity index (χ1n) is 6.31. The van der Waals surface area contributed by atoms with Gasteiger partial charge >= 0.3 is 0 Å². The predicted molar refractivity (Wildman–Crippen MR) is 73.7 cm³/mol. The Hall–Kier alpha value is -0.580. The molecule has 1 aliphatic rings. The Bertz CT molecular complexity index is 387. The van der Waals surface area contributed by atoms with Gasteiger partial charge in [0.05, 0.1) is 30.4 Å². The molecule has 0 saturated heterocycles. The van der Waals surface area contributed by atoms with E-state index in [1.54, 1.807) is 7.11 Å². The Balaban J connectivity index is 1.84. The van der Waals surface area contributed by atoms with E-state index in [-0.39, 0.29) is 12.2 Å². The minimum Gasteiger partial charge on any atom is -0.496 e. The van der Waals surface area contributed by atoms with Gasteiger partial charge in [-0.05, 0) is 59.3 Å². The molecule has 0 heterocycles. The van der Waals surface area contributed by atoms with E-state index in [1.165, 1.54) is 0 Å². The summed E-state index contributed by atoms with van der Waals surface area (Å²) in [4.78, 5) is 0. The fourth-order valence-corrected chi connectivity index (χ4v) is 2.81. The molecular weight excluding hydrogens is 296 g/mol. The zero-order valence-corrected chi connectivity index (χ0v) is 12.1. The summed E-state index contributed by atoms with van der Waals surface area (Å²) in [5.41, 5.74) is 1.13. The van der Waals surface area contributed by atoms with Crippen LogP contribution in [0.2, 0.25) is 0 Å². The number of benzene rings is 1. The second kappa shape index (κ2) is 6.55. The average molecular weight is 315 g/mol. The van der Waals surface area contributed by atoms with Crippen molar-refractivity contribution in [2.75, 3.05) is 7.11 Å². The van der Waals surface area contributed by atoms with Crippen LogP contribution in [0.5, 0.6) is 5.75 Å². The third-order valence-electron chi connectivity index (χ3n) is 3.35. The third-order valence-corrected chi connectivity index (χ3v) is 3.97. The van der Waals surface area contributed by atoms with E-state index >= 15 is 0 Å². The summed E-state index contributed by atoms with van der Waals surface area (Å²) in [7, 11) is 1.66. The van der Waals surface area contributed by atoms with Gasteiger partial charge in [-0.3, -0.25) is 0 Å². The highest BCUT2D eigenvalue weighted by Crippen LogP contribution is 2.27. The van der Waals surface area contributed by atoms with Crippen LogP contribution in [0.4, 0.5) is 0 Å². The molecule has 0 spiro atoms. The summed E-state index contributed by atoms with van der Waals surface area (Å²) in [5, 5.41) is 9.43. The molecule has 18 heavy (non-hydrogen) atoms. The molecule has 1 aliphatic carbocycles. The van der Waals surface area contributed by atoms with Crippen molar-refractivity contribution in [2.45, 2.75) is 44.5 Å². The fraction of sp³-hybridized carbons (Fsp3) is 0.571. The van der Waals surface area contributed by atoms with Gasteiger partial charge in [0.2, 0.25) is 0 Å². The van der Waals surface area contributed by atoms with Crippen LogP contribution in [0.3, 0.4) is 0 Å². The van der Waals surface area contributed by atoms with E-state index in [9.17, 15) is 5.11 Å². The SMILES string of the molecule is COc1ccc(COC2CCC(O)CC2)cc1Br. The first kappa shape index (κ1) is 13.8. The topological polar surface area (TPSA) is 38.7 Å². The molecule has 3 nitrogen and oxygen atoms in total. The number of aliphatic hydroxyl groups excluding tert-OH is 1. The molecule has 2 rings (SSSR count). The summed E-state index contributed by atoms with van der Waals surface area (Å²) >= 11 is 3.47. The zero-order chi connectivity index (χ0) is 13.0. The maximum Gasteiger partial charge on any atom is 0.133 e. The maximum absolute atomic E-state index is 9.43. The Labute approximate surface area is 116 Å². The minimum atomic E-state index is -0.125. The first-order valence-corrected chi connectivity index (χ1v) is 7.10. The lowest BCUT2D eigenvalue weighted by atomic mass is 9.95. The molecule has 0 unspecified atom stereocenters. The van der Waals surface area contributed by atoms with E-state index in [1.807, 2.05) is 18.2 Å². The van der Waals surface area contributed by atoms with Crippen molar-refractivity contribution < 1.29 is 14.6 Å². The second-order valence-corrected chi connectivity index (χ2v) is 5.56. The quantitative estimate of drug-likeness (QED) is 0.927. The van der Waals surface area contributed by atoms with Crippen molar-refractivity contribution in [2.24, 2.45) is 0 Å². The van der Waals surface area contributed by atoms with Crippen molar-refractivity contribution in [3.05, 3.63) is 28.2 Å². The standard InChI is InChI=1S/C14H19BrO3/c1-17-14-7-2-10(8-13(14)15)9-18-12-5-3-11(16)4-6-12/h2,7-8,11-12,16H,3-6,9H2,1H3. The highest BCUT2D eigenvalue weighted by Gasteiger charge is 2.19. The molecule has 1 aromatic carbocycles. The monoisotopic (exact) mass is 314 g/mol. The smallest absolute Gasteiger partial charge is 0.133 e. The molecule has 0 bridgehead atoms. The molecule has 1 aromatic rings. The molecule has 1 N–H and O–H groups in total. The van der Waals surface area contributed by atoms with Crippen LogP contribution in [0, 0.1) is 0 Å². The minimum absolute atomic E-state index is 0.125. The number of hydrogen-bond donors (Lipinski definition) is 1. The van der Waals surface area contributed by atoms with Gasteiger partial charge in [-0.1, -0.05) is 6.07 Å². The largest absolute Gasteiger partial charge is 0.496 e. The van der Waals surface area contributed by atoms with E-state index in [0.29, 0.717) is 6.61 Å². The number of ether oxygens (including phenoxy) is 2. The Morgan fingerprint density at radius 2 is 2.00 bits per heavy atom. The van der Waals surface area contributed by atoms with Crippen molar-refractivity contribution in [1.29, 1.82) is 0 Å². The lowest BCUT2D eigenvalue weighted by Crippen LogP contribution is -2.24. The molecule has 100 valence electrons. The van der Waals surface area contributed by atoms with Crippen LogP contribution in [-0.4, -0.2) is 24.4 Å². The van der Waals surface area contributed by atoms with E-state index in [4.69, 9.17) is 9.47 Å². The fourth-order valence-electron chi connectivity index (χ4n) is 2.23. The normalized spacial score (nSPS) is 23.9. The summed E-state index contributed by atoms with van der Waals surface area (Å²) in [6, 6.07) is 5.98. The number of aliphatic hydroxyl groups is 1. The molecule has 0 atom stereocenters. The summed E-state index contributed by atoms with van der Waals surface area (Å²) in [5.74, 6) is 0.833. The van der Waals surface area contributed by atoms with Crippen molar-refractivity contribution in [1.82, 2.24) is 0 Å². The van der Waals surface area contributed by atoms with Gasteiger partial charge < -0.3 is 14.6 Å². The van der Waals surface area contributed by atoms with E-state index < -0.39 is 0 Å². The van der Waals surface area contributed by atoms with Gasteiger partial charge in [-0.25, -0.2) is 0 Å². The second-order valence-electron chi connectivity index (χ2n) is 4.71. The van der Waals surface area contributed by atoms with Gasteiger partial charge in [0.1, 0.15) is 5.75 Å². The zero-order valence-electron chi connectivity index (χ0n) is 10.6. The summed E-state index contributed by atoms with van der Waals surface area (Å²) < 4.78 is 12.0. The number of rotatable bonds is 4. The number of hydrogen-bond acceptors (Lipinski definition) is 3.